The van der Waals surface area contributed by atoms with Crippen LogP contribution >= 0.6 is 0 Å². The van der Waals surface area contributed by atoms with E-state index in [0.29, 0.717) is 12.5 Å². The largest absolute Gasteiger partial charge is 0.345 e. The normalized spacial score (nSPS) is 11.6. The molecule has 3 nitrogen and oxygen atoms in total. The van der Waals surface area contributed by atoms with Crippen LogP contribution in [0.15, 0.2) is 12.4 Å². The second-order valence-electron chi connectivity index (χ2n) is 3.32. The summed E-state index contributed by atoms with van der Waals surface area (Å²) in [6.07, 6.45) is 3.59. The van der Waals surface area contributed by atoms with Gasteiger partial charge in [-0.3, -0.25) is 4.68 Å². The number of nitrogens with zero attached hydrogens (tertiary/aromatic N) is 2. The van der Waals surface area contributed by atoms with Crippen LogP contribution in [-0.2, 0) is 11.3 Å². The number of hydrogen-bond donors (Lipinski definition) is 0. The van der Waals surface area contributed by atoms with Crippen molar-refractivity contribution in [2.45, 2.75) is 32.9 Å². The molecule has 0 bridgehead atoms. The summed E-state index contributed by atoms with van der Waals surface area (Å²) in [5.41, 5.74) is 1.10. The minimum atomic E-state index is -2.70. The van der Waals surface area contributed by atoms with Gasteiger partial charge in [-0.25, -0.2) is 0 Å². The fourth-order valence-electron chi connectivity index (χ4n) is 1.04. The number of aromatic nitrogens is 2. The topological polar surface area (TPSA) is 27.1 Å². The molecule has 1 heterocycles. The maximum absolute atomic E-state index is 11.6. The Labute approximate surface area is 81.7 Å². The summed E-state index contributed by atoms with van der Waals surface area (Å²) in [5.74, 6) is 0.403. The van der Waals surface area contributed by atoms with Crippen LogP contribution in [-0.4, -0.2) is 23.0 Å². The summed E-state index contributed by atoms with van der Waals surface area (Å²) >= 11 is 0. The number of ether oxygens (including phenoxy) is 1. The highest BCUT2D eigenvalue weighted by atomic mass is 19.3. The predicted octanol–water partition coefficient (Wildman–Crippen LogP) is 2.25. The van der Waals surface area contributed by atoms with Crippen molar-refractivity contribution < 1.29 is 13.5 Å². The number of alkyl halides is 2. The molecule has 5 heteroatoms. The van der Waals surface area contributed by atoms with Gasteiger partial charge in [0.05, 0.1) is 19.3 Å². The molecule has 0 saturated heterocycles. The zero-order valence-electron chi connectivity index (χ0n) is 8.28. The maximum Gasteiger partial charge on any atom is 0.345 e. The molecule has 1 aromatic rings. The Kier molecular flexibility index (Phi) is 4.00. The van der Waals surface area contributed by atoms with Crippen molar-refractivity contribution in [2.75, 3.05) is 6.61 Å². The highest BCUT2D eigenvalue weighted by Gasteiger charge is 2.04. The Balaban J connectivity index is 2.36. The van der Waals surface area contributed by atoms with Crippen LogP contribution in [0.3, 0.4) is 0 Å². The Morgan fingerprint density at radius 3 is 2.71 bits per heavy atom. The van der Waals surface area contributed by atoms with Crippen molar-refractivity contribution in [1.82, 2.24) is 9.78 Å². The number of halogens is 2. The predicted molar refractivity (Wildman–Crippen MR) is 48.3 cm³/mol. The first-order valence-corrected chi connectivity index (χ1v) is 4.51. The molecule has 1 rings (SSSR count). The summed E-state index contributed by atoms with van der Waals surface area (Å²) in [4.78, 5) is 0. The fourth-order valence-corrected chi connectivity index (χ4v) is 1.04. The maximum atomic E-state index is 11.6. The first-order chi connectivity index (χ1) is 6.59. The zero-order valence-corrected chi connectivity index (χ0v) is 8.28. The van der Waals surface area contributed by atoms with Gasteiger partial charge in [0.1, 0.15) is 0 Å². The van der Waals surface area contributed by atoms with E-state index in [1.165, 1.54) is 0 Å². The van der Waals surface area contributed by atoms with E-state index < -0.39 is 6.61 Å². The van der Waals surface area contributed by atoms with Crippen LogP contribution in [0.4, 0.5) is 8.78 Å². The lowest BCUT2D eigenvalue weighted by Crippen LogP contribution is -2.09. The zero-order chi connectivity index (χ0) is 10.6. The van der Waals surface area contributed by atoms with Gasteiger partial charge in [-0.15, -0.1) is 0 Å². The van der Waals surface area contributed by atoms with Gasteiger partial charge in [-0.1, -0.05) is 13.8 Å². The van der Waals surface area contributed by atoms with Crippen LogP contribution in [0.5, 0.6) is 0 Å². The van der Waals surface area contributed by atoms with Gasteiger partial charge in [0.15, 0.2) is 0 Å². The molecule has 0 aliphatic heterocycles. The van der Waals surface area contributed by atoms with Gasteiger partial charge in [-0.05, 0) is 11.5 Å². The van der Waals surface area contributed by atoms with Crippen molar-refractivity contribution in [1.29, 1.82) is 0 Å². The molecule has 0 atom stereocenters. The van der Waals surface area contributed by atoms with Gasteiger partial charge in [-0.2, -0.15) is 13.9 Å². The number of hydrogen-bond acceptors (Lipinski definition) is 2. The van der Waals surface area contributed by atoms with E-state index in [9.17, 15) is 8.78 Å². The quantitative estimate of drug-likeness (QED) is 0.735. The van der Waals surface area contributed by atoms with Crippen molar-refractivity contribution in [3.63, 3.8) is 0 Å². The van der Waals surface area contributed by atoms with Crippen molar-refractivity contribution in [2.24, 2.45) is 0 Å². The van der Waals surface area contributed by atoms with Gasteiger partial charge >= 0.3 is 6.61 Å². The Morgan fingerprint density at radius 2 is 2.21 bits per heavy atom. The summed E-state index contributed by atoms with van der Waals surface area (Å²) in [6, 6.07) is 0. The first kappa shape index (κ1) is 11.1. The van der Waals surface area contributed by atoms with E-state index in [1.54, 1.807) is 10.9 Å². The van der Waals surface area contributed by atoms with Gasteiger partial charge in [0.25, 0.3) is 0 Å². The van der Waals surface area contributed by atoms with Gasteiger partial charge in [0.2, 0.25) is 0 Å². The molecule has 0 fully saturated rings. The fraction of sp³-hybridized carbons (Fsp3) is 0.667. The molecule has 0 spiro atoms. The monoisotopic (exact) mass is 204 g/mol. The molecule has 0 aliphatic carbocycles. The standard InChI is InChI=1S/C9H14F2N2O/c1-7(2)8-5-12-13(6-8)3-4-14-9(10)11/h5-7,9H,3-4H2,1-2H3. The number of rotatable bonds is 5. The smallest absolute Gasteiger partial charge is 0.321 e. The van der Waals surface area contributed by atoms with Crippen molar-refractivity contribution in [3.8, 4) is 0 Å². The van der Waals surface area contributed by atoms with Gasteiger partial charge < -0.3 is 4.74 Å². The molecule has 0 amide bonds. The molecule has 80 valence electrons. The molecular formula is C9H14F2N2O. The van der Waals surface area contributed by atoms with Crippen LogP contribution in [0, 0.1) is 0 Å². The van der Waals surface area contributed by atoms with E-state index >= 15 is 0 Å². The third-order valence-electron chi connectivity index (χ3n) is 1.88. The van der Waals surface area contributed by atoms with Crippen LogP contribution < -0.4 is 0 Å². The van der Waals surface area contributed by atoms with Crippen molar-refractivity contribution >= 4 is 0 Å². The minimum Gasteiger partial charge on any atom is -0.321 e. The Morgan fingerprint density at radius 1 is 1.50 bits per heavy atom. The lowest BCUT2D eigenvalue weighted by molar-refractivity contribution is -0.130. The van der Waals surface area contributed by atoms with E-state index in [1.807, 2.05) is 6.20 Å². The lowest BCUT2D eigenvalue weighted by atomic mass is 10.1. The highest BCUT2D eigenvalue weighted by Crippen LogP contribution is 2.11. The summed E-state index contributed by atoms with van der Waals surface area (Å²) < 4.78 is 29.0. The minimum absolute atomic E-state index is 0.0170. The van der Waals surface area contributed by atoms with Crippen molar-refractivity contribution in [3.05, 3.63) is 18.0 Å². The highest BCUT2D eigenvalue weighted by molar-refractivity contribution is 5.08. The average molecular weight is 204 g/mol. The average Bonchev–Trinajstić information content (AvgIpc) is 2.52. The molecule has 0 aromatic carbocycles. The SMILES string of the molecule is CC(C)c1cnn(CCOC(F)F)c1. The van der Waals surface area contributed by atoms with E-state index in [2.05, 4.69) is 23.7 Å². The third kappa shape index (κ3) is 3.41. The van der Waals surface area contributed by atoms with E-state index in [4.69, 9.17) is 0 Å². The second-order valence-corrected chi connectivity index (χ2v) is 3.32. The van der Waals surface area contributed by atoms with E-state index in [-0.39, 0.29) is 6.61 Å². The van der Waals surface area contributed by atoms with Crippen LogP contribution in [0.25, 0.3) is 0 Å². The molecule has 0 N–H and O–H groups in total. The lowest BCUT2D eigenvalue weighted by Gasteiger charge is -2.02. The van der Waals surface area contributed by atoms with E-state index in [0.717, 1.165) is 5.56 Å². The molecule has 0 aliphatic rings. The molecule has 0 unspecified atom stereocenters. The Hall–Kier alpha value is -0.970. The van der Waals surface area contributed by atoms with Gasteiger partial charge in [0, 0.05) is 6.20 Å². The molecular weight excluding hydrogens is 190 g/mol. The summed E-state index contributed by atoms with van der Waals surface area (Å²) in [6.45, 7) is 1.75. The molecule has 0 saturated carbocycles. The summed E-state index contributed by atoms with van der Waals surface area (Å²) in [5, 5.41) is 4.03. The Bertz CT molecular complexity index is 274. The summed E-state index contributed by atoms with van der Waals surface area (Å²) in [7, 11) is 0. The molecule has 0 radical (unpaired) electrons. The molecule has 14 heavy (non-hydrogen) atoms. The van der Waals surface area contributed by atoms with Crippen LogP contribution in [0.2, 0.25) is 0 Å². The van der Waals surface area contributed by atoms with Crippen LogP contribution in [0.1, 0.15) is 25.3 Å². The second kappa shape index (κ2) is 5.05. The molecule has 1 aromatic heterocycles. The third-order valence-corrected chi connectivity index (χ3v) is 1.88. The first-order valence-electron chi connectivity index (χ1n) is 4.51.